The molecule has 2 rings (SSSR count). The molecule has 0 amide bonds. The van der Waals surface area contributed by atoms with E-state index in [1.807, 2.05) is 29.7 Å². The second-order valence-corrected chi connectivity index (χ2v) is 4.23. The molecule has 2 aromatic rings. The number of hydrogen-bond donors (Lipinski definition) is 0. The van der Waals surface area contributed by atoms with Gasteiger partial charge in [-0.3, -0.25) is 4.79 Å². The normalized spacial score (nSPS) is 12.4. The lowest BCUT2D eigenvalue weighted by Crippen LogP contribution is -2.12. The Hall–Kier alpha value is -1.90. The molecule has 17 heavy (non-hydrogen) atoms. The standard InChI is InChI=1S/C14H16N2O/c1-10-14(12(3)17)16(9-15-10)11(2)13-7-5-4-6-8-13/h4-9,11H,1-3H3/t11-/m1/s1. The van der Waals surface area contributed by atoms with Crippen LogP contribution in [0, 0.1) is 6.92 Å². The van der Waals surface area contributed by atoms with Gasteiger partial charge in [-0.05, 0) is 19.4 Å². The van der Waals surface area contributed by atoms with Crippen LogP contribution < -0.4 is 0 Å². The fraction of sp³-hybridized carbons (Fsp3) is 0.286. The van der Waals surface area contributed by atoms with Crippen LogP contribution in [-0.2, 0) is 0 Å². The van der Waals surface area contributed by atoms with E-state index in [0.29, 0.717) is 5.69 Å². The summed E-state index contributed by atoms with van der Waals surface area (Å²) in [6, 6.07) is 10.2. The molecule has 1 aromatic heterocycles. The number of imidazole rings is 1. The quantitative estimate of drug-likeness (QED) is 0.757. The van der Waals surface area contributed by atoms with E-state index in [0.717, 1.165) is 5.69 Å². The molecule has 1 aromatic carbocycles. The van der Waals surface area contributed by atoms with E-state index in [2.05, 4.69) is 24.0 Å². The number of aryl methyl sites for hydroxylation is 1. The summed E-state index contributed by atoms with van der Waals surface area (Å²) in [6.45, 7) is 5.52. The van der Waals surface area contributed by atoms with Crippen LogP contribution in [0.2, 0.25) is 0 Å². The molecule has 3 heteroatoms. The van der Waals surface area contributed by atoms with Crippen molar-refractivity contribution >= 4 is 5.78 Å². The SMILES string of the molecule is CC(=O)c1c(C)ncn1[C@H](C)c1ccccc1. The van der Waals surface area contributed by atoms with E-state index in [1.165, 1.54) is 5.56 Å². The Morgan fingerprint density at radius 1 is 1.29 bits per heavy atom. The molecule has 0 N–H and O–H groups in total. The maximum absolute atomic E-state index is 11.6. The molecule has 88 valence electrons. The van der Waals surface area contributed by atoms with Crippen molar-refractivity contribution in [3.63, 3.8) is 0 Å². The molecule has 0 aliphatic rings. The van der Waals surface area contributed by atoms with Gasteiger partial charge in [0.2, 0.25) is 0 Å². The summed E-state index contributed by atoms with van der Waals surface area (Å²) in [5.41, 5.74) is 2.66. The summed E-state index contributed by atoms with van der Waals surface area (Å²) < 4.78 is 1.94. The number of hydrogen-bond acceptors (Lipinski definition) is 2. The topological polar surface area (TPSA) is 34.9 Å². The zero-order valence-corrected chi connectivity index (χ0v) is 10.3. The maximum Gasteiger partial charge on any atom is 0.178 e. The van der Waals surface area contributed by atoms with Gasteiger partial charge in [-0.15, -0.1) is 0 Å². The fourth-order valence-electron chi connectivity index (χ4n) is 2.08. The molecule has 0 radical (unpaired) electrons. The number of carbonyl (C=O) groups excluding carboxylic acids is 1. The van der Waals surface area contributed by atoms with Gasteiger partial charge in [0.05, 0.1) is 18.1 Å². The summed E-state index contributed by atoms with van der Waals surface area (Å²) in [7, 11) is 0. The van der Waals surface area contributed by atoms with Crippen LogP contribution in [0.25, 0.3) is 0 Å². The Bertz CT molecular complexity index is 528. The van der Waals surface area contributed by atoms with Crippen molar-refractivity contribution in [1.29, 1.82) is 0 Å². The fourth-order valence-corrected chi connectivity index (χ4v) is 2.08. The predicted molar refractivity (Wildman–Crippen MR) is 67.2 cm³/mol. The maximum atomic E-state index is 11.6. The molecule has 1 atom stereocenters. The first-order valence-corrected chi connectivity index (χ1v) is 5.70. The van der Waals surface area contributed by atoms with Gasteiger partial charge >= 0.3 is 0 Å². The first kappa shape index (κ1) is 11.6. The molecule has 0 saturated carbocycles. The molecule has 0 unspecified atom stereocenters. The average molecular weight is 228 g/mol. The van der Waals surface area contributed by atoms with Crippen LogP contribution in [0.1, 0.15) is 41.6 Å². The van der Waals surface area contributed by atoms with E-state index < -0.39 is 0 Å². The second-order valence-electron chi connectivity index (χ2n) is 4.23. The predicted octanol–water partition coefficient (Wildman–Crippen LogP) is 3.00. The van der Waals surface area contributed by atoms with Crippen molar-refractivity contribution in [3.8, 4) is 0 Å². The van der Waals surface area contributed by atoms with Gasteiger partial charge in [-0.2, -0.15) is 0 Å². The van der Waals surface area contributed by atoms with Gasteiger partial charge in [-0.25, -0.2) is 4.98 Å². The molecule has 0 aliphatic heterocycles. The van der Waals surface area contributed by atoms with E-state index in [4.69, 9.17) is 0 Å². The first-order chi connectivity index (χ1) is 8.11. The van der Waals surface area contributed by atoms with Crippen LogP contribution in [0.3, 0.4) is 0 Å². The lowest BCUT2D eigenvalue weighted by atomic mass is 10.1. The summed E-state index contributed by atoms with van der Waals surface area (Å²) in [6.07, 6.45) is 1.74. The van der Waals surface area contributed by atoms with Crippen molar-refractivity contribution in [2.45, 2.75) is 26.8 Å². The third-order valence-corrected chi connectivity index (χ3v) is 3.01. The third-order valence-electron chi connectivity index (χ3n) is 3.01. The Balaban J connectivity index is 2.45. The highest BCUT2D eigenvalue weighted by atomic mass is 16.1. The van der Waals surface area contributed by atoms with Crippen molar-refractivity contribution in [2.24, 2.45) is 0 Å². The number of carbonyl (C=O) groups is 1. The highest BCUT2D eigenvalue weighted by molar-refractivity contribution is 5.93. The van der Waals surface area contributed by atoms with Crippen molar-refractivity contribution in [1.82, 2.24) is 9.55 Å². The van der Waals surface area contributed by atoms with Gasteiger partial charge in [-0.1, -0.05) is 30.3 Å². The van der Waals surface area contributed by atoms with E-state index in [-0.39, 0.29) is 11.8 Å². The molecule has 0 bridgehead atoms. The van der Waals surface area contributed by atoms with Gasteiger partial charge in [0.1, 0.15) is 5.69 Å². The summed E-state index contributed by atoms with van der Waals surface area (Å²) in [4.78, 5) is 15.8. The van der Waals surface area contributed by atoms with Crippen LogP contribution in [0.4, 0.5) is 0 Å². The third kappa shape index (κ3) is 2.13. The lowest BCUT2D eigenvalue weighted by molar-refractivity contribution is 0.100. The number of benzene rings is 1. The zero-order valence-electron chi connectivity index (χ0n) is 10.3. The van der Waals surface area contributed by atoms with Crippen LogP contribution in [-0.4, -0.2) is 15.3 Å². The van der Waals surface area contributed by atoms with Gasteiger partial charge in [0.25, 0.3) is 0 Å². The van der Waals surface area contributed by atoms with Crippen molar-refractivity contribution in [3.05, 3.63) is 53.6 Å². The van der Waals surface area contributed by atoms with Crippen molar-refractivity contribution < 1.29 is 4.79 Å². The minimum atomic E-state index is 0.0581. The number of Topliss-reactive ketones (excluding diaryl/α,β-unsaturated/α-hetero) is 1. The minimum Gasteiger partial charge on any atom is -0.321 e. The smallest absolute Gasteiger partial charge is 0.178 e. The van der Waals surface area contributed by atoms with E-state index in [1.54, 1.807) is 13.3 Å². The Labute approximate surface area is 101 Å². The molecule has 0 aliphatic carbocycles. The van der Waals surface area contributed by atoms with Crippen LogP contribution >= 0.6 is 0 Å². The Morgan fingerprint density at radius 3 is 2.53 bits per heavy atom. The summed E-state index contributed by atoms with van der Waals surface area (Å²) in [5, 5.41) is 0. The van der Waals surface area contributed by atoms with Gasteiger partial charge < -0.3 is 4.57 Å². The minimum absolute atomic E-state index is 0.0581. The van der Waals surface area contributed by atoms with Crippen LogP contribution in [0.15, 0.2) is 36.7 Å². The van der Waals surface area contributed by atoms with E-state index >= 15 is 0 Å². The average Bonchev–Trinajstić information content (AvgIpc) is 2.71. The number of aromatic nitrogens is 2. The van der Waals surface area contributed by atoms with Crippen LogP contribution in [0.5, 0.6) is 0 Å². The number of ketones is 1. The molecular weight excluding hydrogens is 212 g/mol. The molecular formula is C14H16N2O. The Kier molecular flexibility index (Phi) is 3.09. The monoisotopic (exact) mass is 228 g/mol. The first-order valence-electron chi connectivity index (χ1n) is 5.70. The summed E-state index contributed by atoms with van der Waals surface area (Å²) in [5.74, 6) is 0.0581. The largest absolute Gasteiger partial charge is 0.321 e. The van der Waals surface area contributed by atoms with Gasteiger partial charge in [0.15, 0.2) is 5.78 Å². The number of nitrogens with zero attached hydrogens (tertiary/aromatic N) is 2. The summed E-state index contributed by atoms with van der Waals surface area (Å²) >= 11 is 0. The molecule has 1 heterocycles. The van der Waals surface area contributed by atoms with Gasteiger partial charge in [0, 0.05) is 6.92 Å². The number of rotatable bonds is 3. The molecule has 3 nitrogen and oxygen atoms in total. The Morgan fingerprint density at radius 2 is 1.94 bits per heavy atom. The highest BCUT2D eigenvalue weighted by Gasteiger charge is 2.17. The molecule has 0 fully saturated rings. The molecule has 0 saturated heterocycles. The molecule has 0 spiro atoms. The van der Waals surface area contributed by atoms with Crippen molar-refractivity contribution in [2.75, 3.05) is 0 Å². The second kappa shape index (κ2) is 4.53. The lowest BCUT2D eigenvalue weighted by Gasteiger charge is -2.16. The van der Waals surface area contributed by atoms with E-state index in [9.17, 15) is 4.79 Å². The highest BCUT2D eigenvalue weighted by Crippen LogP contribution is 2.21. The zero-order chi connectivity index (χ0) is 12.4.